The SMILES string of the molecule is CCn1c(CCC(N)=O)nnc1SCC(=O)Nc1c(C)cccc1C. The Bertz CT molecular complexity index is 752. The molecule has 0 spiro atoms. The van der Waals surface area contributed by atoms with Crippen molar-refractivity contribution < 1.29 is 9.59 Å². The maximum absolute atomic E-state index is 12.3. The number of rotatable bonds is 8. The van der Waals surface area contributed by atoms with Crippen LogP contribution in [0.2, 0.25) is 0 Å². The van der Waals surface area contributed by atoms with Crippen molar-refractivity contribution in [1.29, 1.82) is 0 Å². The first-order valence-electron chi connectivity index (χ1n) is 8.11. The zero-order valence-electron chi connectivity index (χ0n) is 14.7. The van der Waals surface area contributed by atoms with Gasteiger partial charge in [-0.25, -0.2) is 0 Å². The molecule has 0 fully saturated rings. The summed E-state index contributed by atoms with van der Waals surface area (Å²) in [5, 5.41) is 11.8. The molecule has 0 unspecified atom stereocenters. The van der Waals surface area contributed by atoms with Crippen molar-refractivity contribution >= 4 is 29.3 Å². The van der Waals surface area contributed by atoms with Crippen LogP contribution >= 0.6 is 11.8 Å². The molecule has 1 heterocycles. The lowest BCUT2D eigenvalue weighted by Crippen LogP contribution is -2.16. The van der Waals surface area contributed by atoms with E-state index in [9.17, 15) is 9.59 Å². The van der Waals surface area contributed by atoms with Gasteiger partial charge in [-0.2, -0.15) is 0 Å². The van der Waals surface area contributed by atoms with Crippen molar-refractivity contribution in [3.8, 4) is 0 Å². The standard InChI is InChI=1S/C17H23N5O2S/c1-4-22-14(9-8-13(18)23)20-21-17(22)25-10-15(24)19-16-11(2)6-5-7-12(16)3/h5-7H,4,8-10H2,1-3H3,(H2,18,23)(H,19,24). The lowest BCUT2D eigenvalue weighted by molar-refractivity contribution is -0.118. The minimum Gasteiger partial charge on any atom is -0.370 e. The van der Waals surface area contributed by atoms with Crippen LogP contribution in [0.25, 0.3) is 0 Å². The van der Waals surface area contributed by atoms with Gasteiger partial charge in [0, 0.05) is 25.1 Å². The Morgan fingerprint density at radius 2 is 1.92 bits per heavy atom. The molecule has 0 saturated carbocycles. The summed E-state index contributed by atoms with van der Waals surface area (Å²) in [7, 11) is 0. The zero-order valence-corrected chi connectivity index (χ0v) is 15.5. The van der Waals surface area contributed by atoms with Gasteiger partial charge in [-0.05, 0) is 31.9 Å². The van der Waals surface area contributed by atoms with Gasteiger partial charge in [-0.1, -0.05) is 30.0 Å². The Labute approximate surface area is 151 Å². The summed E-state index contributed by atoms with van der Waals surface area (Å²) in [6.45, 7) is 6.57. The van der Waals surface area contributed by atoms with E-state index in [2.05, 4.69) is 15.5 Å². The Balaban J connectivity index is 1.99. The molecule has 0 aliphatic heterocycles. The van der Waals surface area contributed by atoms with E-state index in [1.807, 2.05) is 43.5 Å². The van der Waals surface area contributed by atoms with Crippen LogP contribution in [0.15, 0.2) is 23.4 Å². The first-order chi connectivity index (χ1) is 11.9. The number of hydrogen-bond acceptors (Lipinski definition) is 5. The van der Waals surface area contributed by atoms with Gasteiger partial charge in [-0.15, -0.1) is 10.2 Å². The molecular weight excluding hydrogens is 338 g/mol. The van der Waals surface area contributed by atoms with Crippen LogP contribution in [0, 0.1) is 13.8 Å². The summed E-state index contributed by atoms with van der Waals surface area (Å²) in [5.41, 5.74) is 8.10. The number of nitrogens with one attached hydrogen (secondary N) is 1. The van der Waals surface area contributed by atoms with Crippen LogP contribution < -0.4 is 11.1 Å². The van der Waals surface area contributed by atoms with Gasteiger partial charge < -0.3 is 15.6 Å². The lowest BCUT2D eigenvalue weighted by Gasteiger charge is -2.11. The molecule has 0 radical (unpaired) electrons. The van der Waals surface area contributed by atoms with Crippen molar-refractivity contribution in [2.75, 3.05) is 11.1 Å². The minimum atomic E-state index is -0.368. The number of carbonyl (C=O) groups is 2. The summed E-state index contributed by atoms with van der Waals surface area (Å²) in [5.74, 6) is 0.486. The maximum atomic E-state index is 12.3. The largest absolute Gasteiger partial charge is 0.370 e. The predicted octanol–water partition coefficient (Wildman–Crippen LogP) is 2.06. The number of thioether (sulfide) groups is 1. The van der Waals surface area contributed by atoms with Gasteiger partial charge in [0.1, 0.15) is 5.82 Å². The van der Waals surface area contributed by atoms with E-state index in [0.717, 1.165) is 16.8 Å². The molecule has 7 nitrogen and oxygen atoms in total. The Hall–Kier alpha value is -2.35. The molecule has 25 heavy (non-hydrogen) atoms. The van der Waals surface area contributed by atoms with E-state index < -0.39 is 0 Å². The monoisotopic (exact) mass is 361 g/mol. The number of carbonyl (C=O) groups excluding carboxylic acids is 2. The number of aromatic nitrogens is 3. The molecule has 1 aromatic carbocycles. The summed E-state index contributed by atoms with van der Waals surface area (Å²) in [4.78, 5) is 23.2. The quantitative estimate of drug-likeness (QED) is 0.701. The topological polar surface area (TPSA) is 103 Å². The van der Waals surface area contributed by atoms with E-state index in [1.54, 1.807) is 0 Å². The molecule has 8 heteroatoms. The lowest BCUT2D eigenvalue weighted by atomic mass is 10.1. The molecule has 2 amide bonds. The minimum absolute atomic E-state index is 0.0910. The third-order valence-electron chi connectivity index (χ3n) is 3.78. The fraction of sp³-hybridized carbons (Fsp3) is 0.412. The molecule has 2 rings (SSSR count). The van der Waals surface area contributed by atoms with Crippen LogP contribution in [0.5, 0.6) is 0 Å². The van der Waals surface area contributed by atoms with Gasteiger partial charge in [0.05, 0.1) is 5.75 Å². The maximum Gasteiger partial charge on any atom is 0.234 e. The Morgan fingerprint density at radius 1 is 1.24 bits per heavy atom. The third kappa shape index (κ3) is 5.06. The van der Waals surface area contributed by atoms with E-state index in [0.29, 0.717) is 23.9 Å². The molecule has 1 aromatic heterocycles. The molecule has 0 aliphatic rings. The highest BCUT2D eigenvalue weighted by Crippen LogP contribution is 2.21. The number of nitrogens with zero attached hydrogens (tertiary/aromatic N) is 3. The molecule has 2 aromatic rings. The molecule has 3 N–H and O–H groups in total. The zero-order chi connectivity index (χ0) is 18.4. The van der Waals surface area contributed by atoms with Crippen molar-refractivity contribution in [2.45, 2.75) is 45.3 Å². The number of hydrogen-bond donors (Lipinski definition) is 2. The predicted molar refractivity (Wildman–Crippen MR) is 98.5 cm³/mol. The van der Waals surface area contributed by atoms with Gasteiger partial charge in [0.15, 0.2) is 5.16 Å². The summed E-state index contributed by atoms with van der Waals surface area (Å²) in [6, 6.07) is 5.90. The van der Waals surface area contributed by atoms with Crippen LogP contribution in [-0.4, -0.2) is 32.3 Å². The molecule has 0 bridgehead atoms. The molecule has 0 aliphatic carbocycles. The fourth-order valence-corrected chi connectivity index (χ4v) is 3.30. The number of amides is 2. The highest BCUT2D eigenvalue weighted by Gasteiger charge is 2.14. The highest BCUT2D eigenvalue weighted by molar-refractivity contribution is 7.99. The Kier molecular flexibility index (Phi) is 6.58. The first kappa shape index (κ1) is 19.0. The van der Waals surface area contributed by atoms with E-state index in [1.165, 1.54) is 11.8 Å². The van der Waals surface area contributed by atoms with E-state index in [-0.39, 0.29) is 24.0 Å². The number of primary amides is 1. The van der Waals surface area contributed by atoms with Crippen molar-refractivity contribution in [1.82, 2.24) is 14.8 Å². The average molecular weight is 361 g/mol. The summed E-state index contributed by atoms with van der Waals surface area (Å²) < 4.78 is 1.90. The average Bonchev–Trinajstić information content (AvgIpc) is 2.96. The van der Waals surface area contributed by atoms with Gasteiger partial charge >= 0.3 is 0 Å². The molecule has 134 valence electrons. The molecule has 0 atom stereocenters. The van der Waals surface area contributed by atoms with Crippen molar-refractivity contribution in [3.05, 3.63) is 35.2 Å². The number of para-hydroxylation sites is 1. The van der Waals surface area contributed by atoms with Crippen molar-refractivity contribution in [3.63, 3.8) is 0 Å². The highest BCUT2D eigenvalue weighted by atomic mass is 32.2. The van der Waals surface area contributed by atoms with Crippen LogP contribution in [-0.2, 0) is 22.6 Å². The molecular formula is C17H23N5O2S. The number of aryl methyl sites for hydroxylation is 3. The van der Waals surface area contributed by atoms with Gasteiger partial charge in [0.25, 0.3) is 0 Å². The Morgan fingerprint density at radius 3 is 2.52 bits per heavy atom. The first-order valence-corrected chi connectivity index (χ1v) is 9.10. The number of benzene rings is 1. The summed E-state index contributed by atoms with van der Waals surface area (Å²) in [6.07, 6.45) is 0.682. The third-order valence-corrected chi connectivity index (χ3v) is 4.75. The number of nitrogens with two attached hydrogens (primary N) is 1. The second kappa shape index (κ2) is 8.66. The molecule has 0 saturated heterocycles. The normalized spacial score (nSPS) is 10.7. The van der Waals surface area contributed by atoms with Crippen LogP contribution in [0.3, 0.4) is 0 Å². The van der Waals surface area contributed by atoms with E-state index in [4.69, 9.17) is 5.73 Å². The fourth-order valence-electron chi connectivity index (χ4n) is 2.48. The van der Waals surface area contributed by atoms with Crippen molar-refractivity contribution in [2.24, 2.45) is 5.73 Å². The second-order valence-electron chi connectivity index (χ2n) is 5.71. The van der Waals surface area contributed by atoms with E-state index >= 15 is 0 Å². The van der Waals surface area contributed by atoms with Gasteiger partial charge in [-0.3, -0.25) is 9.59 Å². The van der Waals surface area contributed by atoms with Gasteiger partial charge in [0.2, 0.25) is 11.8 Å². The van der Waals surface area contributed by atoms with Crippen LogP contribution in [0.4, 0.5) is 5.69 Å². The second-order valence-corrected chi connectivity index (χ2v) is 6.66. The number of anilines is 1. The summed E-state index contributed by atoms with van der Waals surface area (Å²) >= 11 is 1.33. The smallest absolute Gasteiger partial charge is 0.234 e. The van der Waals surface area contributed by atoms with Crippen LogP contribution in [0.1, 0.15) is 30.3 Å².